The zero-order valence-electron chi connectivity index (χ0n) is 6.94. The van der Waals surface area contributed by atoms with Gasteiger partial charge in [0.15, 0.2) is 5.78 Å². The normalized spacial score (nSPS) is 14.8. The smallest absolute Gasteiger partial charge is 0.294 e. The highest BCUT2D eigenvalue weighted by Gasteiger charge is 2.54. The average molecular weight is 197 g/mol. The minimum Gasteiger partial charge on any atom is -0.294 e. The van der Waals surface area contributed by atoms with E-state index < -0.39 is 23.5 Å². The van der Waals surface area contributed by atoms with Crippen molar-refractivity contribution in [2.45, 2.75) is 26.2 Å². The number of ketones is 1. The highest BCUT2D eigenvalue weighted by atomic mass is 19.4. The summed E-state index contributed by atoms with van der Waals surface area (Å²) in [5.74, 6) is -1.76. The lowest BCUT2D eigenvalue weighted by atomic mass is 9.85. The van der Waals surface area contributed by atoms with Crippen molar-refractivity contribution in [2.75, 3.05) is 0 Å². The highest BCUT2D eigenvalue weighted by Crippen LogP contribution is 2.39. The van der Waals surface area contributed by atoms with Gasteiger partial charge < -0.3 is 0 Å². The second-order valence-corrected chi connectivity index (χ2v) is 2.98. The van der Waals surface area contributed by atoms with E-state index in [1.54, 1.807) is 0 Å². The van der Waals surface area contributed by atoms with Gasteiger partial charge in [0.2, 0.25) is 6.17 Å². The summed E-state index contributed by atoms with van der Waals surface area (Å²) < 4.78 is 48.6. The van der Waals surface area contributed by atoms with Crippen molar-refractivity contribution in [1.29, 1.82) is 5.26 Å². The Hall–Kier alpha value is -1.12. The monoisotopic (exact) mass is 197 g/mol. The number of carbonyl (C=O) groups excluding carboxylic acids is 1. The molecule has 0 saturated carbocycles. The number of nitrogens with zero attached hydrogens (tertiary/aromatic N) is 1. The van der Waals surface area contributed by atoms with Crippen molar-refractivity contribution in [3.05, 3.63) is 0 Å². The molecule has 0 amide bonds. The van der Waals surface area contributed by atoms with Crippen molar-refractivity contribution in [3.63, 3.8) is 0 Å². The van der Waals surface area contributed by atoms with Crippen LogP contribution < -0.4 is 0 Å². The largest absolute Gasteiger partial charge is 0.400 e. The molecule has 2 nitrogen and oxygen atoms in total. The molecule has 0 fully saturated rings. The number of Topliss-reactive ketones (excluding diaryl/α,β-unsaturated/α-hetero) is 1. The Kier molecular flexibility index (Phi) is 3.04. The fourth-order valence-electron chi connectivity index (χ4n) is 0.515. The SMILES string of the molecule is CC(C)(C(=O)C(F)C#N)C(F)(F)F. The maximum absolute atomic E-state index is 12.3. The summed E-state index contributed by atoms with van der Waals surface area (Å²) >= 11 is 0. The molecule has 0 spiro atoms. The molecule has 0 bridgehead atoms. The third-order valence-electron chi connectivity index (χ3n) is 1.67. The molecule has 0 N–H and O–H groups in total. The summed E-state index contributed by atoms with van der Waals surface area (Å²) in [6.07, 6.45) is -7.57. The lowest BCUT2D eigenvalue weighted by molar-refractivity contribution is -0.211. The van der Waals surface area contributed by atoms with Crippen LogP contribution in [0.5, 0.6) is 0 Å². The van der Waals surface area contributed by atoms with Crippen LogP contribution in [-0.4, -0.2) is 18.1 Å². The van der Waals surface area contributed by atoms with Gasteiger partial charge in [0.05, 0.1) is 0 Å². The van der Waals surface area contributed by atoms with Crippen LogP contribution in [0.2, 0.25) is 0 Å². The Bertz CT molecular complexity index is 250. The van der Waals surface area contributed by atoms with Crippen molar-refractivity contribution in [1.82, 2.24) is 0 Å². The molecular formula is C7H7F4NO. The molecule has 0 saturated heterocycles. The minimum absolute atomic E-state index is 0.541. The fraction of sp³-hybridized carbons (Fsp3) is 0.714. The molecule has 1 unspecified atom stereocenters. The van der Waals surface area contributed by atoms with Crippen LogP contribution in [0.4, 0.5) is 17.6 Å². The lowest BCUT2D eigenvalue weighted by Crippen LogP contribution is -2.43. The summed E-state index contributed by atoms with van der Waals surface area (Å²) in [4.78, 5) is 10.7. The highest BCUT2D eigenvalue weighted by molar-refractivity contribution is 5.90. The van der Waals surface area contributed by atoms with Gasteiger partial charge in [-0.1, -0.05) is 0 Å². The number of rotatable bonds is 2. The third kappa shape index (κ3) is 2.17. The second-order valence-electron chi connectivity index (χ2n) is 2.98. The van der Waals surface area contributed by atoms with Gasteiger partial charge in [-0.05, 0) is 13.8 Å². The molecule has 0 aliphatic heterocycles. The van der Waals surface area contributed by atoms with Crippen LogP contribution in [0.15, 0.2) is 0 Å². The van der Waals surface area contributed by atoms with Crippen LogP contribution in [0.1, 0.15) is 13.8 Å². The van der Waals surface area contributed by atoms with E-state index in [2.05, 4.69) is 0 Å². The molecular weight excluding hydrogens is 190 g/mol. The molecule has 13 heavy (non-hydrogen) atoms. The standard InChI is InChI=1S/C7H7F4NO/c1-6(2,7(9,10)11)5(13)4(8)3-12/h4H,1-2H3. The quantitative estimate of drug-likeness (QED) is 0.635. The van der Waals surface area contributed by atoms with Crippen LogP contribution in [0, 0.1) is 16.7 Å². The van der Waals surface area contributed by atoms with E-state index in [0.29, 0.717) is 13.8 Å². The van der Waals surface area contributed by atoms with E-state index in [9.17, 15) is 22.4 Å². The van der Waals surface area contributed by atoms with E-state index in [4.69, 9.17) is 5.26 Å². The van der Waals surface area contributed by atoms with E-state index in [0.717, 1.165) is 6.07 Å². The molecule has 0 aromatic heterocycles. The first kappa shape index (κ1) is 11.9. The maximum atomic E-state index is 12.3. The molecule has 0 aromatic rings. The maximum Gasteiger partial charge on any atom is 0.400 e. The van der Waals surface area contributed by atoms with Gasteiger partial charge in [0, 0.05) is 0 Å². The molecule has 0 rings (SSSR count). The minimum atomic E-state index is -4.84. The van der Waals surface area contributed by atoms with Crippen LogP contribution in [0.3, 0.4) is 0 Å². The first-order chi connectivity index (χ1) is 5.64. The zero-order chi connectivity index (χ0) is 10.9. The summed E-state index contributed by atoms with van der Waals surface area (Å²) in [6, 6.07) is 0.827. The average Bonchev–Trinajstić information content (AvgIpc) is 1.99. The number of halogens is 4. The third-order valence-corrected chi connectivity index (χ3v) is 1.67. The molecule has 74 valence electrons. The Balaban J connectivity index is 4.88. The Labute approximate surface area is 72.1 Å². The first-order valence-electron chi connectivity index (χ1n) is 3.29. The van der Waals surface area contributed by atoms with Crippen LogP contribution >= 0.6 is 0 Å². The van der Waals surface area contributed by atoms with E-state index >= 15 is 0 Å². The van der Waals surface area contributed by atoms with Gasteiger partial charge >= 0.3 is 6.18 Å². The predicted molar refractivity (Wildman–Crippen MR) is 35.4 cm³/mol. The topological polar surface area (TPSA) is 40.9 Å². The lowest BCUT2D eigenvalue weighted by Gasteiger charge is -2.25. The Morgan fingerprint density at radius 2 is 1.77 bits per heavy atom. The van der Waals surface area contributed by atoms with E-state index in [1.807, 2.05) is 0 Å². The van der Waals surface area contributed by atoms with Gasteiger partial charge in [-0.25, -0.2) is 4.39 Å². The summed E-state index contributed by atoms with van der Waals surface area (Å²) in [7, 11) is 0. The second kappa shape index (κ2) is 3.32. The summed E-state index contributed by atoms with van der Waals surface area (Å²) in [5.41, 5.74) is -2.82. The Morgan fingerprint density at radius 1 is 1.38 bits per heavy atom. The fourth-order valence-corrected chi connectivity index (χ4v) is 0.515. The molecule has 1 atom stereocenters. The number of nitriles is 1. The molecule has 0 aliphatic carbocycles. The number of alkyl halides is 4. The molecule has 6 heteroatoms. The molecule has 0 aromatic carbocycles. The summed E-state index contributed by atoms with van der Waals surface area (Å²) in [6.45, 7) is 1.08. The van der Waals surface area contributed by atoms with Crippen LogP contribution in [-0.2, 0) is 4.79 Å². The molecule has 0 radical (unpaired) electrons. The van der Waals surface area contributed by atoms with Gasteiger partial charge in [-0.3, -0.25) is 4.79 Å². The van der Waals surface area contributed by atoms with Crippen molar-refractivity contribution in [2.24, 2.45) is 5.41 Å². The first-order valence-corrected chi connectivity index (χ1v) is 3.29. The van der Waals surface area contributed by atoms with Gasteiger partial charge in [0.25, 0.3) is 0 Å². The van der Waals surface area contributed by atoms with Crippen molar-refractivity contribution < 1.29 is 22.4 Å². The van der Waals surface area contributed by atoms with E-state index in [-0.39, 0.29) is 0 Å². The van der Waals surface area contributed by atoms with Crippen molar-refractivity contribution in [3.8, 4) is 6.07 Å². The van der Waals surface area contributed by atoms with Crippen LogP contribution in [0.25, 0.3) is 0 Å². The summed E-state index contributed by atoms with van der Waals surface area (Å²) in [5, 5.41) is 7.92. The predicted octanol–water partition coefficient (Wildman–Crippen LogP) is 2.01. The number of hydrogen-bond donors (Lipinski definition) is 0. The number of hydrogen-bond acceptors (Lipinski definition) is 2. The van der Waals surface area contributed by atoms with E-state index in [1.165, 1.54) is 0 Å². The van der Waals surface area contributed by atoms with Crippen molar-refractivity contribution >= 4 is 5.78 Å². The Morgan fingerprint density at radius 3 is 2.00 bits per heavy atom. The zero-order valence-corrected chi connectivity index (χ0v) is 6.94. The molecule has 0 heterocycles. The number of carbonyl (C=O) groups is 1. The molecule has 0 aliphatic rings. The van der Waals surface area contributed by atoms with Gasteiger partial charge in [0.1, 0.15) is 11.5 Å². The van der Waals surface area contributed by atoms with Gasteiger partial charge in [-0.15, -0.1) is 0 Å². The van der Waals surface area contributed by atoms with Gasteiger partial charge in [-0.2, -0.15) is 18.4 Å².